The van der Waals surface area contributed by atoms with Gasteiger partial charge in [-0.05, 0) is 122 Å². The van der Waals surface area contributed by atoms with Gasteiger partial charge in [0.25, 0.3) is 0 Å². The van der Waals surface area contributed by atoms with E-state index in [2.05, 4.69) is 26.8 Å². The van der Waals surface area contributed by atoms with Gasteiger partial charge >= 0.3 is 11.9 Å². The van der Waals surface area contributed by atoms with Crippen LogP contribution in [0.3, 0.4) is 0 Å². The molecule has 1 aromatic carbocycles. The minimum absolute atomic E-state index is 0.261. The maximum atomic E-state index is 12.7. The van der Waals surface area contributed by atoms with E-state index in [-0.39, 0.29) is 31.3 Å². The van der Waals surface area contributed by atoms with Gasteiger partial charge < -0.3 is 14.2 Å². The second-order valence-corrected chi connectivity index (χ2v) is 14.2. The van der Waals surface area contributed by atoms with Crippen molar-refractivity contribution >= 4 is 11.9 Å². The fourth-order valence-corrected chi connectivity index (χ4v) is 11.2. The zero-order valence-electron chi connectivity index (χ0n) is 23.8. The van der Waals surface area contributed by atoms with Crippen molar-refractivity contribution in [3.63, 3.8) is 0 Å². The van der Waals surface area contributed by atoms with Crippen LogP contribution in [0, 0.1) is 51.8 Å². The van der Waals surface area contributed by atoms with Crippen LogP contribution in [0.2, 0.25) is 0 Å². The van der Waals surface area contributed by atoms with E-state index >= 15 is 0 Å². The smallest absolute Gasteiger partial charge is 0.338 e. The maximum Gasteiger partial charge on any atom is 0.338 e. The quantitative estimate of drug-likeness (QED) is 0.270. The number of hydrogen-bond donors (Lipinski definition) is 0. The first kappa shape index (κ1) is 25.8. The van der Waals surface area contributed by atoms with E-state index in [1.165, 1.54) is 51.4 Å². The fraction of sp³-hybridized carbons (Fsp3) is 0.706. The van der Waals surface area contributed by atoms with Gasteiger partial charge in [-0.15, -0.1) is 0 Å². The summed E-state index contributed by atoms with van der Waals surface area (Å²) >= 11 is 0. The molecule has 0 amide bonds. The predicted octanol–water partition coefficient (Wildman–Crippen LogP) is 6.86. The van der Waals surface area contributed by atoms with Crippen molar-refractivity contribution in [2.24, 2.45) is 51.8 Å². The van der Waals surface area contributed by atoms with Crippen LogP contribution in [-0.4, -0.2) is 37.9 Å². The zero-order valence-corrected chi connectivity index (χ0v) is 23.8. The van der Waals surface area contributed by atoms with Crippen LogP contribution in [0.1, 0.15) is 92.9 Å². The third-order valence-corrected chi connectivity index (χ3v) is 13.0. The van der Waals surface area contributed by atoms with Gasteiger partial charge in [-0.3, -0.25) is 0 Å². The van der Waals surface area contributed by atoms with Crippen LogP contribution < -0.4 is 0 Å². The number of fused-ring (bicyclic) bond motifs is 11. The number of carbonyl (C=O) groups excluding carboxylic acids is 2. The standard InChI is InChI=1S/C34H44O5/c1-21-5-4-16-38-30(35)22-6-8-23(9-7-22)31(36)39-18-17-37-29-19-25-27-11-10-26(21)32(27,2)14-13-28(25)33(3)15-12-24-20-34(24,29)33/h4-9,21,24-29H,10-20H2,1-3H3/b5-4-/t21-,24-,25+,26-,27+,28+,29-,32-,33-,34+/m1/s1. The highest BCUT2D eigenvalue weighted by Crippen LogP contribution is 2.82. The second kappa shape index (κ2) is 9.19. The summed E-state index contributed by atoms with van der Waals surface area (Å²) in [6, 6.07) is 6.54. The Morgan fingerprint density at radius 2 is 1.54 bits per heavy atom. The Hall–Kier alpha value is -2.14. The molecular formula is C34H44O5. The molecule has 0 N–H and O–H groups in total. The first-order chi connectivity index (χ1) is 18.8. The Morgan fingerprint density at radius 1 is 0.821 bits per heavy atom. The summed E-state index contributed by atoms with van der Waals surface area (Å²) in [5, 5.41) is 0. The molecule has 7 bridgehead atoms. The highest BCUT2D eigenvalue weighted by atomic mass is 16.6. The molecule has 210 valence electrons. The van der Waals surface area contributed by atoms with Crippen LogP contribution in [0.25, 0.3) is 0 Å². The van der Waals surface area contributed by atoms with Crippen molar-refractivity contribution in [2.45, 2.75) is 78.2 Å². The lowest BCUT2D eigenvalue weighted by atomic mass is 9.45. The first-order valence-electron chi connectivity index (χ1n) is 15.5. The lowest BCUT2D eigenvalue weighted by Crippen LogP contribution is -2.57. The van der Waals surface area contributed by atoms with E-state index < -0.39 is 0 Å². The number of rotatable bonds is 0. The second-order valence-electron chi connectivity index (χ2n) is 14.2. The average Bonchev–Trinajstić information content (AvgIpc) is 3.44. The fourth-order valence-electron chi connectivity index (χ4n) is 11.2. The monoisotopic (exact) mass is 532 g/mol. The number of allylic oxidation sites excluding steroid dienone is 1. The largest absolute Gasteiger partial charge is 0.460 e. The SMILES string of the molecule is C[C@@H]1/C=C\COC(=O)c2ccc(cc2)C(=O)OCCO[C@@H]2C[C@H]3[C@@H]4CC[C@H]1[C@@]4(C)CC[C@@H]3[C@@]1(C)CC[C@@H]3C[C@]321. The molecule has 10 atom stereocenters. The molecule has 8 rings (SSSR count). The van der Waals surface area contributed by atoms with E-state index in [4.69, 9.17) is 14.2 Å². The molecule has 0 saturated heterocycles. The summed E-state index contributed by atoms with van der Waals surface area (Å²) in [5.74, 6) is 3.49. The molecule has 2 aliphatic heterocycles. The Balaban J connectivity index is 1.19. The zero-order chi connectivity index (χ0) is 27.0. The van der Waals surface area contributed by atoms with Gasteiger partial charge in [-0.1, -0.05) is 32.9 Å². The molecule has 0 aromatic heterocycles. The Labute approximate surface area is 233 Å². The minimum Gasteiger partial charge on any atom is -0.460 e. The number of hydrogen-bond acceptors (Lipinski definition) is 5. The summed E-state index contributed by atoms with van der Waals surface area (Å²) in [7, 11) is 0. The number of ether oxygens (including phenoxy) is 3. The lowest BCUT2D eigenvalue weighted by Gasteiger charge is -2.61. The Morgan fingerprint density at radius 3 is 2.28 bits per heavy atom. The van der Waals surface area contributed by atoms with Crippen molar-refractivity contribution in [2.75, 3.05) is 19.8 Å². The number of esters is 2. The topological polar surface area (TPSA) is 61.8 Å². The van der Waals surface area contributed by atoms with Gasteiger partial charge in [0.1, 0.15) is 13.2 Å². The van der Waals surface area contributed by atoms with Gasteiger partial charge in [0, 0.05) is 5.41 Å². The molecule has 1 aromatic rings. The van der Waals surface area contributed by atoms with Gasteiger partial charge in [0.05, 0.1) is 23.8 Å². The molecule has 7 aliphatic rings. The van der Waals surface area contributed by atoms with E-state index in [1.54, 1.807) is 24.3 Å². The molecule has 0 radical (unpaired) electrons. The van der Waals surface area contributed by atoms with Crippen molar-refractivity contribution < 1.29 is 23.8 Å². The molecule has 0 unspecified atom stereocenters. The number of carbonyl (C=O) groups is 2. The van der Waals surface area contributed by atoms with E-state index in [0.29, 0.717) is 45.8 Å². The molecule has 5 nitrogen and oxygen atoms in total. The average molecular weight is 533 g/mol. The summed E-state index contributed by atoms with van der Waals surface area (Å²) in [6.45, 7) is 8.56. The molecular weight excluding hydrogens is 488 g/mol. The van der Waals surface area contributed by atoms with Gasteiger partial charge in [0.2, 0.25) is 0 Å². The Bertz CT molecular complexity index is 1170. The first-order valence-corrected chi connectivity index (χ1v) is 15.5. The normalized spacial score (nSPS) is 47.9. The molecule has 2 heterocycles. The van der Waals surface area contributed by atoms with Gasteiger partial charge in [-0.2, -0.15) is 0 Å². The highest BCUT2D eigenvalue weighted by Gasteiger charge is 2.77. The molecule has 5 heteroatoms. The van der Waals surface area contributed by atoms with Crippen LogP contribution in [0.5, 0.6) is 0 Å². The highest BCUT2D eigenvalue weighted by molar-refractivity contribution is 5.93. The van der Waals surface area contributed by atoms with E-state index in [0.717, 1.165) is 23.7 Å². The lowest BCUT2D eigenvalue weighted by molar-refractivity contribution is -0.170. The van der Waals surface area contributed by atoms with Crippen LogP contribution in [0.15, 0.2) is 36.4 Å². The van der Waals surface area contributed by atoms with Crippen molar-refractivity contribution in [1.82, 2.24) is 0 Å². The van der Waals surface area contributed by atoms with Crippen molar-refractivity contribution in [1.29, 1.82) is 0 Å². The minimum atomic E-state index is -0.377. The van der Waals surface area contributed by atoms with Crippen molar-refractivity contribution in [3.8, 4) is 0 Å². The van der Waals surface area contributed by atoms with Crippen LogP contribution in [0.4, 0.5) is 0 Å². The van der Waals surface area contributed by atoms with Gasteiger partial charge in [-0.25, -0.2) is 9.59 Å². The number of benzene rings is 1. The third-order valence-electron chi connectivity index (χ3n) is 13.0. The summed E-state index contributed by atoms with van der Waals surface area (Å²) in [5.41, 5.74) is 1.96. The summed E-state index contributed by atoms with van der Waals surface area (Å²) in [6.07, 6.45) is 15.1. The molecule has 5 aliphatic carbocycles. The summed E-state index contributed by atoms with van der Waals surface area (Å²) < 4.78 is 17.9. The predicted molar refractivity (Wildman–Crippen MR) is 148 cm³/mol. The van der Waals surface area contributed by atoms with E-state index in [9.17, 15) is 9.59 Å². The van der Waals surface area contributed by atoms with Crippen molar-refractivity contribution in [3.05, 3.63) is 47.5 Å². The van der Waals surface area contributed by atoms with E-state index in [1.807, 2.05) is 6.08 Å². The van der Waals surface area contributed by atoms with Crippen LogP contribution in [-0.2, 0) is 14.2 Å². The third kappa shape index (κ3) is 3.74. The maximum absolute atomic E-state index is 12.7. The molecule has 39 heavy (non-hydrogen) atoms. The van der Waals surface area contributed by atoms with Gasteiger partial charge in [0.15, 0.2) is 0 Å². The molecule has 5 fully saturated rings. The summed E-state index contributed by atoms with van der Waals surface area (Å²) in [4.78, 5) is 25.2. The molecule has 5 saturated carbocycles. The molecule has 1 spiro atoms. The van der Waals surface area contributed by atoms with Crippen LogP contribution >= 0.6 is 0 Å². The Kier molecular flexibility index (Phi) is 6.08.